The van der Waals surface area contributed by atoms with Gasteiger partial charge in [0.2, 0.25) is 0 Å². The van der Waals surface area contributed by atoms with Crippen molar-refractivity contribution in [3.8, 4) is 0 Å². The lowest BCUT2D eigenvalue weighted by Crippen LogP contribution is -2.30. The number of hydrogen-bond acceptors (Lipinski definition) is 3. The first-order chi connectivity index (χ1) is 10.0. The summed E-state index contributed by atoms with van der Waals surface area (Å²) in [6, 6.07) is 8.92. The SMILES string of the molecule is CCN(C(=O)c1cc(Cl)nc(NC)c1)c1ccc(F)cc1. The van der Waals surface area contributed by atoms with E-state index in [4.69, 9.17) is 11.6 Å². The molecule has 0 aliphatic heterocycles. The lowest BCUT2D eigenvalue weighted by molar-refractivity contribution is 0.0988. The fourth-order valence-corrected chi connectivity index (χ4v) is 2.18. The van der Waals surface area contributed by atoms with Crippen LogP contribution < -0.4 is 10.2 Å². The fourth-order valence-electron chi connectivity index (χ4n) is 1.97. The molecular weight excluding hydrogens is 293 g/mol. The van der Waals surface area contributed by atoms with E-state index in [1.54, 1.807) is 30.1 Å². The highest BCUT2D eigenvalue weighted by molar-refractivity contribution is 6.30. The highest BCUT2D eigenvalue weighted by Gasteiger charge is 2.17. The maximum absolute atomic E-state index is 13.0. The smallest absolute Gasteiger partial charge is 0.258 e. The Hall–Kier alpha value is -2.14. The van der Waals surface area contributed by atoms with Crippen molar-refractivity contribution in [3.63, 3.8) is 0 Å². The standard InChI is InChI=1S/C15H15ClFN3O/c1-3-20(12-6-4-11(17)5-7-12)15(21)10-8-13(16)19-14(9-10)18-2/h4-9H,3H2,1-2H3,(H,18,19). The number of nitrogens with zero attached hydrogens (tertiary/aromatic N) is 2. The van der Waals surface area contributed by atoms with Crippen LogP contribution in [-0.2, 0) is 0 Å². The molecule has 21 heavy (non-hydrogen) atoms. The number of carbonyl (C=O) groups is 1. The van der Waals surface area contributed by atoms with E-state index >= 15 is 0 Å². The van der Waals surface area contributed by atoms with Crippen LogP contribution in [0.4, 0.5) is 15.9 Å². The molecule has 0 atom stereocenters. The van der Waals surface area contributed by atoms with E-state index in [1.165, 1.54) is 18.2 Å². The molecule has 1 amide bonds. The third kappa shape index (κ3) is 3.49. The second kappa shape index (κ2) is 6.54. The van der Waals surface area contributed by atoms with Gasteiger partial charge in [0, 0.05) is 24.8 Å². The van der Waals surface area contributed by atoms with Crippen molar-refractivity contribution >= 4 is 29.0 Å². The molecule has 0 aliphatic carbocycles. The zero-order chi connectivity index (χ0) is 15.4. The third-order valence-electron chi connectivity index (χ3n) is 3.00. The van der Waals surface area contributed by atoms with Gasteiger partial charge in [-0.2, -0.15) is 0 Å². The van der Waals surface area contributed by atoms with Crippen molar-refractivity contribution in [1.82, 2.24) is 4.98 Å². The van der Waals surface area contributed by atoms with Gasteiger partial charge in [-0.25, -0.2) is 9.37 Å². The number of halogens is 2. The van der Waals surface area contributed by atoms with Gasteiger partial charge in [0.1, 0.15) is 16.8 Å². The van der Waals surface area contributed by atoms with E-state index in [2.05, 4.69) is 10.3 Å². The molecule has 1 aromatic carbocycles. The summed E-state index contributed by atoms with van der Waals surface area (Å²) in [5.41, 5.74) is 1.05. The van der Waals surface area contributed by atoms with Crippen LogP contribution in [0.15, 0.2) is 36.4 Å². The van der Waals surface area contributed by atoms with Gasteiger partial charge in [-0.05, 0) is 43.3 Å². The molecule has 1 aromatic heterocycles. The quantitative estimate of drug-likeness (QED) is 0.878. The van der Waals surface area contributed by atoms with Crippen LogP contribution in [0.2, 0.25) is 5.15 Å². The minimum Gasteiger partial charge on any atom is -0.373 e. The minimum atomic E-state index is -0.341. The lowest BCUT2D eigenvalue weighted by Gasteiger charge is -2.21. The Morgan fingerprint density at radius 3 is 2.57 bits per heavy atom. The number of nitrogens with one attached hydrogen (secondary N) is 1. The van der Waals surface area contributed by atoms with E-state index in [-0.39, 0.29) is 16.9 Å². The molecule has 0 radical (unpaired) electrons. The molecule has 4 nitrogen and oxygen atoms in total. The van der Waals surface area contributed by atoms with Gasteiger partial charge in [0.15, 0.2) is 0 Å². The maximum atomic E-state index is 13.0. The molecule has 0 fully saturated rings. The third-order valence-corrected chi connectivity index (χ3v) is 3.19. The topological polar surface area (TPSA) is 45.2 Å². The molecule has 1 heterocycles. The largest absolute Gasteiger partial charge is 0.373 e. The van der Waals surface area contributed by atoms with E-state index in [1.807, 2.05) is 6.92 Å². The Bertz CT molecular complexity index is 646. The first kappa shape index (κ1) is 15.3. The molecule has 2 aromatic rings. The number of benzene rings is 1. The van der Waals surface area contributed by atoms with Crippen molar-refractivity contribution in [1.29, 1.82) is 0 Å². The maximum Gasteiger partial charge on any atom is 0.258 e. The minimum absolute atomic E-state index is 0.218. The summed E-state index contributed by atoms with van der Waals surface area (Å²) in [5, 5.41) is 3.09. The predicted molar refractivity (Wildman–Crippen MR) is 82.5 cm³/mol. The average Bonchev–Trinajstić information content (AvgIpc) is 2.49. The molecular formula is C15H15ClFN3O. The van der Waals surface area contributed by atoms with Gasteiger partial charge < -0.3 is 10.2 Å². The average molecular weight is 308 g/mol. The molecule has 0 saturated heterocycles. The Morgan fingerprint density at radius 2 is 2.00 bits per heavy atom. The summed E-state index contributed by atoms with van der Waals surface area (Å²) in [5.74, 6) is -0.0439. The first-order valence-corrected chi connectivity index (χ1v) is 6.85. The summed E-state index contributed by atoms with van der Waals surface area (Å²) in [4.78, 5) is 18.2. The Labute approximate surface area is 127 Å². The van der Waals surface area contributed by atoms with Crippen LogP contribution in [0.25, 0.3) is 0 Å². The van der Waals surface area contributed by atoms with Gasteiger partial charge in [-0.3, -0.25) is 4.79 Å². The number of aromatic nitrogens is 1. The Balaban J connectivity index is 2.36. The highest BCUT2D eigenvalue weighted by Crippen LogP contribution is 2.20. The summed E-state index contributed by atoms with van der Waals surface area (Å²) in [6.45, 7) is 2.31. The van der Waals surface area contributed by atoms with Gasteiger partial charge in [0.05, 0.1) is 0 Å². The van der Waals surface area contributed by atoms with Gasteiger partial charge in [-0.15, -0.1) is 0 Å². The van der Waals surface area contributed by atoms with Crippen molar-refractivity contribution in [2.45, 2.75) is 6.92 Å². The zero-order valence-electron chi connectivity index (χ0n) is 11.7. The van der Waals surface area contributed by atoms with Gasteiger partial charge in [0.25, 0.3) is 5.91 Å². The Morgan fingerprint density at radius 1 is 1.33 bits per heavy atom. The normalized spacial score (nSPS) is 10.3. The zero-order valence-corrected chi connectivity index (χ0v) is 12.5. The van der Waals surface area contributed by atoms with Crippen LogP contribution in [0, 0.1) is 5.82 Å². The van der Waals surface area contributed by atoms with Crippen molar-refractivity contribution in [2.75, 3.05) is 23.8 Å². The second-order valence-electron chi connectivity index (χ2n) is 4.34. The molecule has 0 bridgehead atoms. The number of rotatable bonds is 4. The summed E-state index contributed by atoms with van der Waals surface area (Å²) in [7, 11) is 1.70. The monoisotopic (exact) mass is 307 g/mol. The van der Waals surface area contributed by atoms with Crippen molar-refractivity contribution in [3.05, 3.63) is 52.9 Å². The molecule has 110 valence electrons. The summed E-state index contributed by atoms with van der Waals surface area (Å²) < 4.78 is 13.0. The van der Waals surface area contributed by atoms with E-state index in [0.717, 1.165) is 0 Å². The second-order valence-corrected chi connectivity index (χ2v) is 4.73. The number of anilines is 2. The Kier molecular flexibility index (Phi) is 4.75. The molecule has 0 aliphatic rings. The van der Waals surface area contributed by atoms with Crippen LogP contribution in [0.5, 0.6) is 0 Å². The van der Waals surface area contributed by atoms with Gasteiger partial charge >= 0.3 is 0 Å². The van der Waals surface area contributed by atoms with Crippen LogP contribution >= 0.6 is 11.6 Å². The van der Waals surface area contributed by atoms with E-state index in [0.29, 0.717) is 23.6 Å². The van der Waals surface area contributed by atoms with Crippen LogP contribution in [-0.4, -0.2) is 24.5 Å². The summed E-state index contributed by atoms with van der Waals surface area (Å²) in [6.07, 6.45) is 0. The molecule has 1 N–H and O–H groups in total. The number of amides is 1. The van der Waals surface area contributed by atoms with Crippen molar-refractivity contribution < 1.29 is 9.18 Å². The summed E-state index contributed by atoms with van der Waals surface area (Å²) >= 11 is 5.92. The van der Waals surface area contributed by atoms with E-state index < -0.39 is 0 Å². The first-order valence-electron chi connectivity index (χ1n) is 6.48. The molecule has 0 spiro atoms. The molecule has 0 unspecified atom stereocenters. The number of pyridine rings is 1. The molecule has 0 saturated carbocycles. The predicted octanol–water partition coefficient (Wildman–Crippen LogP) is 3.58. The fraction of sp³-hybridized carbons (Fsp3) is 0.200. The van der Waals surface area contributed by atoms with Crippen LogP contribution in [0.3, 0.4) is 0 Å². The molecule has 2 rings (SSSR count). The van der Waals surface area contributed by atoms with E-state index in [9.17, 15) is 9.18 Å². The number of hydrogen-bond donors (Lipinski definition) is 1. The highest BCUT2D eigenvalue weighted by atomic mass is 35.5. The lowest BCUT2D eigenvalue weighted by atomic mass is 10.2. The number of carbonyl (C=O) groups excluding carboxylic acids is 1. The molecule has 6 heteroatoms. The van der Waals surface area contributed by atoms with Gasteiger partial charge in [-0.1, -0.05) is 11.6 Å². The van der Waals surface area contributed by atoms with Crippen molar-refractivity contribution in [2.24, 2.45) is 0 Å². The van der Waals surface area contributed by atoms with Crippen LogP contribution in [0.1, 0.15) is 17.3 Å².